The number of hydrogen-bond donors (Lipinski definition) is 0. The number of allylic oxidation sites excluding steroid dienone is 1. The molecule has 0 bridgehead atoms. The van der Waals surface area contributed by atoms with Crippen molar-refractivity contribution in [2.75, 3.05) is 40.3 Å². The molecule has 0 aliphatic carbocycles. The number of likely N-dealkylation sites (N-methyl/N-ethyl adjacent to an activating group) is 1. The summed E-state index contributed by atoms with van der Waals surface area (Å²) in [7, 11) is 3.34. The van der Waals surface area contributed by atoms with E-state index in [1.807, 2.05) is 17.4 Å². The number of carbonyl (C=O) groups excluding carboxylic acids is 2. The van der Waals surface area contributed by atoms with Gasteiger partial charge in [0.15, 0.2) is 5.17 Å². The van der Waals surface area contributed by atoms with Crippen LogP contribution in [0.15, 0.2) is 51.6 Å². The number of fused-ring (bicyclic) bond motifs is 1. The third-order valence-corrected chi connectivity index (χ3v) is 6.68. The molecule has 7 nitrogen and oxygen atoms in total. The topological polar surface area (TPSA) is 65.5 Å². The third kappa shape index (κ3) is 4.12. The smallest absolute Gasteiger partial charge is 0.338 e. The van der Waals surface area contributed by atoms with Crippen LogP contribution in [-0.2, 0) is 14.3 Å². The number of ether oxygens (including phenoxy) is 1. The number of benzene rings is 1. The van der Waals surface area contributed by atoms with E-state index in [1.165, 1.54) is 24.9 Å². The molecule has 1 atom stereocenters. The maximum atomic E-state index is 14.9. The Morgan fingerprint density at radius 1 is 1.23 bits per heavy atom. The summed E-state index contributed by atoms with van der Waals surface area (Å²) in [6, 6.07) is 5.62. The molecule has 4 rings (SSSR count). The summed E-state index contributed by atoms with van der Waals surface area (Å²) in [4.78, 5) is 36.1. The molecule has 3 aliphatic heterocycles. The highest BCUT2D eigenvalue weighted by Crippen LogP contribution is 2.45. The normalized spacial score (nSPS) is 21.6. The number of amidine groups is 1. The van der Waals surface area contributed by atoms with E-state index in [4.69, 9.17) is 4.74 Å². The Balaban J connectivity index is 1.68. The standard InChI is InChI=1S/C22H25FN4O3S/c1-14-19(21(29)30-3)20(16-6-4-5-7-17(16)23)27-15(13-31-22(27)24-14)12-18(28)26-10-8-25(2)9-11-26/h4-7,13,20H,8-12H2,1-3H3. The van der Waals surface area contributed by atoms with Crippen molar-refractivity contribution in [3.05, 3.63) is 58.0 Å². The Morgan fingerprint density at radius 2 is 1.94 bits per heavy atom. The number of rotatable bonds is 4. The van der Waals surface area contributed by atoms with Gasteiger partial charge >= 0.3 is 5.97 Å². The first-order valence-electron chi connectivity index (χ1n) is 10.1. The third-order valence-electron chi connectivity index (χ3n) is 5.79. The van der Waals surface area contributed by atoms with E-state index in [-0.39, 0.29) is 17.9 Å². The van der Waals surface area contributed by atoms with E-state index < -0.39 is 17.8 Å². The lowest BCUT2D eigenvalue weighted by Crippen LogP contribution is -2.47. The molecule has 9 heteroatoms. The minimum absolute atomic E-state index is 0.0133. The summed E-state index contributed by atoms with van der Waals surface area (Å²) in [5.41, 5.74) is 1.81. The summed E-state index contributed by atoms with van der Waals surface area (Å²) in [5, 5.41) is 2.49. The minimum atomic E-state index is -0.748. The Hall–Kier alpha value is -2.65. The van der Waals surface area contributed by atoms with Crippen molar-refractivity contribution in [3.63, 3.8) is 0 Å². The molecule has 1 amide bonds. The summed E-state index contributed by atoms with van der Waals surface area (Å²) < 4.78 is 19.9. The highest BCUT2D eigenvalue weighted by atomic mass is 32.2. The van der Waals surface area contributed by atoms with E-state index in [1.54, 1.807) is 30.0 Å². The summed E-state index contributed by atoms with van der Waals surface area (Å²) in [6.07, 6.45) is 0.161. The molecule has 0 spiro atoms. The second kappa shape index (κ2) is 8.84. The SMILES string of the molecule is COC(=O)C1=C(C)N=C2SC=C(CC(=O)N3CCN(C)CC3)N2C1c1ccccc1F. The Labute approximate surface area is 185 Å². The summed E-state index contributed by atoms with van der Waals surface area (Å²) >= 11 is 1.38. The van der Waals surface area contributed by atoms with Gasteiger partial charge in [0.05, 0.1) is 30.8 Å². The molecular weight excluding hydrogens is 419 g/mol. The van der Waals surface area contributed by atoms with Gasteiger partial charge in [-0.2, -0.15) is 0 Å². The molecule has 1 saturated heterocycles. The molecule has 1 unspecified atom stereocenters. The van der Waals surface area contributed by atoms with Gasteiger partial charge in [0, 0.05) is 37.4 Å². The largest absolute Gasteiger partial charge is 0.466 e. The van der Waals surface area contributed by atoms with Crippen LogP contribution in [0.2, 0.25) is 0 Å². The van der Waals surface area contributed by atoms with Crippen LogP contribution < -0.4 is 0 Å². The van der Waals surface area contributed by atoms with Crippen molar-refractivity contribution in [1.29, 1.82) is 0 Å². The maximum Gasteiger partial charge on any atom is 0.338 e. The molecule has 3 heterocycles. The first kappa shape index (κ1) is 21.6. The van der Waals surface area contributed by atoms with Gasteiger partial charge in [0.2, 0.25) is 5.91 Å². The van der Waals surface area contributed by atoms with Gasteiger partial charge < -0.3 is 19.4 Å². The zero-order valence-corrected chi connectivity index (χ0v) is 18.6. The van der Waals surface area contributed by atoms with Gasteiger partial charge in [0.25, 0.3) is 0 Å². The van der Waals surface area contributed by atoms with Crippen molar-refractivity contribution in [1.82, 2.24) is 14.7 Å². The van der Waals surface area contributed by atoms with E-state index in [0.29, 0.717) is 35.2 Å². The molecule has 0 radical (unpaired) electrons. The number of esters is 1. The molecule has 31 heavy (non-hydrogen) atoms. The summed E-state index contributed by atoms with van der Waals surface area (Å²) in [5.74, 6) is -0.973. The van der Waals surface area contributed by atoms with Crippen LogP contribution in [0.25, 0.3) is 0 Å². The first-order valence-corrected chi connectivity index (χ1v) is 11.0. The van der Waals surface area contributed by atoms with Crippen molar-refractivity contribution < 1.29 is 18.7 Å². The minimum Gasteiger partial charge on any atom is -0.466 e. The Morgan fingerprint density at radius 3 is 2.61 bits per heavy atom. The lowest BCUT2D eigenvalue weighted by atomic mass is 9.93. The quantitative estimate of drug-likeness (QED) is 0.666. The number of piperazine rings is 1. The van der Waals surface area contributed by atoms with Gasteiger partial charge in [-0.1, -0.05) is 30.0 Å². The molecule has 1 aromatic rings. The summed E-state index contributed by atoms with van der Waals surface area (Å²) in [6.45, 7) is 4.75. The zero-order valence-electron chi connectivity index (χ0n) is 17.8. The fraction of sp³-hybridized carbons (Fsp3) is 0.409. The molecule has 164 valence electrons. The van der Waals surface area contributed by atoms with Crippen molar-refractivity contribution in [2.45, 2.75) is 19.4 Å². The number of aliphatic imine (C=N–C) groups is 1. The van der Waals surface area contributed by atoms with Crippen LogP contribution in [0, 0.1) is 5.82 Å². The van der Waals surface area contributed by atoms with Gasteiger partial charge in [-0.25, -0.2) is 14.2 Å². The van der Waals surface area contributed by atoms with Gasteiger partial charge in [-0.15, -0.1) is 0 Å². The van der Waals surface area contributed by atoms with Gasteiger partial charge in [-0.3, -0.25) is 4.79 Å². The second-order valence-electron chi connectivity index (χ2n) is 7.77. The molecule has 0 N–H and O–H groups in total. The molecule has 0 aromatic heterocycles. The van der Waals surface area contributed by atoms with Crippen LogP contribution in [-0.4, -0.2) is 72.1 Å². The van der Waals surface area contributed by atoms with Crippen molar-refractivity contribution in [2.24, 2.45) is 4.99 Å². The van der Waals surface area contributed by atoms with Crippen LogP contribution in [0.4, 0.5) is 4.39 Å². The number of nitrogens with zero attached hydrogens (tertiary/aromatic N) is 4. The van der Waals surface area contributed by atoms with E-state index in [0.717, 1.165) is 13.1 Å². The molecule has 1 aromatic carbocycles. The average molecular weight is 445 g/mol. The highest BCUT2D eigenvalue weighted by Gasteiger charge is 2.42. The molecule has 1 fully saturated rings. The van der Waals surface area contributed by atoms with E-state index >= 15 is 0 Å². The predicted octanol–water partition coefficient (Wildman–Crippen LogP) is 2.74. The zero-order chi connectivity index (χ0) is 22.1. The number of methoxy groups -OCH3 is 1. The number of thioether (sulfide) groups is 1. The molecular formula is C22H25FN4O3S. The fourth-order valence-corrected chi connectivity index (χ4v) is 5.02. The molecule has 0 saturated carbocycles. The van der Waals surface area contributed by atoms with Crippen molar-refractivity contribution >= 4 is 28.8 Å². The second-order valence-corrected chi connectivity index (χ2v) is 8.60. The highest BCUT2D eigenvalue weighted by molar-refractivity contribution is 8.16. The molecule has 3 aliphatic rings. The van der Waals surface area contributed by atoms with Gasteiger partial charge in [-0.05, 0) is 25.4 Å². The maximum absolute atomic E-state index is 14.9. The predicted molar refractivity (Wildman–Crippen MR) is 117 cm³/mol. The van der Waals surface area contributed by atoms with Gasteiger partial charge in [0.1, 0.15) is 5.82 Å². The number of amides is 1. The Kier molecular flexibility index (Phi) is 6.15. The number of halogens is 1. The first-order chi connectivity index (χ1) is 14.9. The monoisotopic (exact) mass is 444 g/mol. The lowest BCUT2D eigenvalue weighted by molar-refractivity contribution is -0.136. The number of carbonyl (C=O) groups is 2. The van der Waals surface area contributed by atoms with Crippen LogP contribution in [0.3, 0.4) is 0 Å². The average Bonchev–Trinajstić information content (AvgIpc) is 3.15. The number of hydrogen-bond acceptors (Lipinski definition) is 7. The van der Waals surface area contributed by atoms with E-state index in [9.17, 15) is 14.0 Å². The van der Waals surface area contributed by atoms with E-state index in [2.05, 4.69) is 9.89 Å². The van der Waals surface area contributed by atoms with Crippen LogP contribution >= 0.6 is 11.8 Å². The Bertz CT molecular complexity index is 998. The van der Waals surface area contributed by atoms with Crippen LogP contribution in [0.1, 0.15) is 24.9 Å². The van der Waals surface area contributed by atoms with Crippen molar-refractivity contribution in [3.8, 4) is 0 Å². The lowest BCUT2D eigenvalue weighted by Gasteiger charge is -2.37. The van der Waals surface area contributed by atoms with Crippen LogP contribution in [0.5, 0.6) is 0 Å². The fourth-order valence-electron chi connectivity index (χ4n) is 4.05.